The predicted molar refractivity (Wildman–Crippen MR) is 94.6 cm³/mol. The first-order valence-electron chi connectivity index (χ1n) is 7.95. The number of carbonyl (C=O) groups is 1. The van der Waals surface area contributed by atoms with Crippen molar-refractivity contribution in [3.63, 3.8) is 0 Å². The number of hydrogen-bond donors (Lipinski definition) is 2. The van der Waals surface area contributed by atoms with Gasteiger partial charge in [0.1, 0.15) is 5.75 Å². The Bertz CT molecular complexity index is 844. The molecule has 1 aromatic heterocycles. The summed E-state index contributed by atoms with van der Waals surface area (Å²) in [5, 5.41) is 10.7. The van der Waals surface area contributed by atoms with Gasteiger partial charge in [0.25, 0.3) is 5.91 Å². The number of hydrogen-bond acceptors (Lipinski definition) is 5. The molecule has 0 aliphatic rings. The SMILES string of the molecule is CCOc1ccc(-n2nnc(C(=O)NCc3ccccc3)c2N)cc1. The van der Waals surface area contributed by atoms with Gasteiger partial charge in [-0.2, -0.15) is 4.68 Å². The number of aromatic nitrogens is 3. The van der Waals surface area contributed by atoms with Crippen LogP contribution in [0.2, 0.25) is 0 Å². The fourth-order valence-electron chi connectivity index (χ4n) is 2.35. The minimum atomic E-state index is -0.362. The molecule has 0 saturated heterocycles. The number of nitrogens with zero attached hydrogens (tertiary/aromatic N) is 3. The van der Waals surface area contributed by atoms with Gasteiger partial charge in [0.05, 0.1) is 12.3 Å². The van der Waals surface area contributed by atoms with Crippen molar-refractivity contribution in [2.24, 2.45) is 0 Å². The number of benzene rings is 2. The van der Waals surface area contributed by atoms with E-state index in [4.69, 9.17) is 10.5 Å². The maximum atomic E-state index is 12.3. The molecule has 128 valence electrons. The summed E-state index contributed by atoms with van der Waals surface area (Å²) in [5.41, 5.74) is 7.85. The van der Waals surface area contributed by atoms with E-state index in [9.17, 15) is 4.79 Å². The number of rotatable bonds is 6. The maximum absolute atomic E-state index is 12.3. The monoisotopic (exact) mass is 337 g/mol. The Hall–Kier alpha value is -3.35. The summed E-state index contributed by atoms with van der Waals surface area (Å²) in [7, 11) is 0. The van der Waals surface area contributed by atoms with E-state index in [0.29, 0.717) is 18.8 Å². The van der Waals surface area contributed by atoms with Gasteiger partial charge in [-0.1, -0.05) is 35.5 Å². The van der Waals surface area contributed by atoms with E-state index in [1.54, 1.807) is 0 Å². The third kappa shape index (κ3) is 3.77. The van der Waals surface area contributed by atoms with Crippen LogP contribution >= 0.6 is 0 Å². The summed E-state index contributed by atoms with van der Waals surface area (Å²) in [6.07, 6.45) is 0. The molecule has 0 radical (unpaired) electrons. The van der Waals surface area contributed by atoms with E-state index in [1.807, 2.05) is 61.5 Å². The van der Waals surface area contributed by atoms with Crippen molar-refractivity contribution in [1.82, 2.24) is 20.3 Å². The Morgan fingerprint density at radius 3 is 2.56 bits per heavy atom. The molecule has 3 rings (SSSR count). The fourth-order valence-corrected chi connectivity index (χ4v) is 2.35. The number of carbonyl (C=O) groups excluding carboxylic acids is 1. The molecule has 0 saturated carbocycles. The van der Waals surface area contributed by atoms with Crippen LogP contribution in [-0.4, -0.2) is 27.5 Å². The minimum Gasteiger partial charge on any atom is -0.494 e. The average molecular weight is 337 g/mol. The van der Waals surface area contributed by atoms with E-state index < -0.39 is 0 Å². The van der Waals surface area contributed by atoms with Gasteiger partial charge in [-0.3, -0.25) is 4.79 Å². The molecular weight excluding hydrogens is 318 g/mol. The lowest BCUT2D eigenvalue weighted by Gasteiger charge is -2.06. The van der Waals surface area contributed by atoms with E-state index in [0.717, 1.165) is 11.3 Å². The smallest absolute Gasteiger partial charge is 0.275 e. The van der Waals surface area contributed by atoms with E-state index in [2.05, 4.69) is 15.6 Å². The lowest BCUT2D eigenvalue weighted by molar-refractivity contribution is 0.0946. The second kappa shape index (κ2) is 7.48. The first-order valence-corrected chi connectivity index (χ1v) is 7.95. The maximum Gasteiger partial charge on any atom is 0.275 e. The van der Waals surface area contributed by atoms with Crippen molar-refractivity contribution in [3.05, 3.63) is 65.9 Å². The van der Waals surface area contributed by atoms with Crippen LogP contribution in [0.3, 0.4) is 0 Å². The average Bonchev–Trinajstić information content (AvgIpc) is 3.03. The molecule has 7 nitrogen and oxygen atoms in total. The van der Waals surface area contributed by atoms with Gasteiger partial charge in [0, 0.05) is 6.54 Å². The topological polar surface area (TPSA) is 95.1 Å². The van der Waals surface area contributed by atoms with Crippen molar-refractivity contribution >= 4 is 11.7 Å². The molecule has 3 aromatic rings. The number of anilines is 1. The highest BCUT2D eigenvalue weighted by atomic mass is 16.5. The normalized spacial score (nSPS) is 10.4. The van der Waals surface area contributed by atoms with Gasteiger partial charge >= 0.3 is 0 Å². The van der Waals surface area contributed by atoms with Gasteiger partial charge in [0.2, 0.25) is 0 Å². The first kappa shape index (κ1) is 16.5. The second-order valence-corrected chi connectivity index (χ2v) is 5.33. The molecule has 2 aromatic carbocycles. The molecule has 3 N–H and O–H groups in total. The summed E-state index contributed by atoms with van der Waals surface area (Å²) in [6, 6.07) is 16.9. The molecule has 0 aliphatic carbocycles. The van der Waals surface area contributed by atoms with Crippen LogP contribution in [0.5, 0.6) is 5.75 Å². The fraction of sp³-hybridized carbons (Fsp3) is 0.167. The molecule has 0 aliphatic heterocycles. The van der Waals surface area contributed by atoms with Crippen LogP contribution in [0, 0.1) is 0 Å². The molecule has 7 heteroatoms. The summed E-state index contributed by atoms with van der Waals surface area (Å²) >= 11 is 0. The highest BCUT2D eigenvalue weighted by molar-refractivity contribution is 5.96. The molecule has 0 atom stereocenters. The molecule has 0 bridgehead atoms. The Morgan fingerprint density at radius 2 is 1.88 bits per heavy atom. The van der Waals surface area contributed by atoms with Crippen LogP contribution in [0.1, 0.15) is 23.0 Å². The second-order valence-electron chi connectivity index (χ2n) is 5.33. The largest absolute Gasteiger partial charge is 0.494 e. The lowest BCUT2D eigenvalue weighted by Crippen LogP contribution is -2.24. The van der Waals surface area contributed by atoms with Gasteiger partial charge < -0.3 is 15.8 Å². The van der Waals surface area contributed by atoms with Crippen molar-refractivity contribution in [3.8, 4) is 11.4 Å². The Kier molecular flexibility index (Phi) is 4.94. The Balaban J connectivity index is 1.72. The summed E-state index contributed by atoms with van der Waals surface area (Å²) in [4.78, 5) is 12.3. The van der Waals surface area contributed by atoms with Crippen LogP contribution in [0.25, 0.3) is 5.69 Å². The molecule has 0 spiro atoms. The minimum absolute atomic E-state index is 0.102. The molecule has 1 heterocycles. The van der Waals surface area contributed by atoms with Crippen LogP contribution in [0.4, 0.5) is 5.82 Å². The molecule has 1 amide bonds. The lowest BCUT2D eigenvalue weighted by atomic mass is 10.2. The van der Waals surface area contributed by atoms with Gasteiger partial charge in [-0.05, 0) is 36.8 Å². The number of ether oxygens (including phenoxy) is 1. The van der Waals surface area contributed by atoms with Gasteiger partial charge in [-0.15, -0.1) is 5.10 Å². The van der Waals surface area contributed by atoms with Crippen LogP contribution in [0.15, 0.2) is 54.6 Å². The summed E-state index contributed by atoms with van der Waals surface area (Å²) in [6.45, 7) is 2.91. The number of nitrogens with two attached hydrogens (primary N) is 1. The van der Waals surface area contributed by atoms with Crippen LogP contribution < -0.4 is 15.8 Å². The molecular formula is C18H19N5O2. The van der Waals surface area contributed by atoms with Crippen molar-refractivity contribution < 1.29 is 9.53 Å². The standard InChI is InChI=1S/C18H19N5O2/c1-2-25-15-10-8-14(9-11-15)23-17(19)16(21-22-23)18(24)20-12-13-6-4-3-5-7-13/h3-11H,2,12,19H2,1H3,(H,20,24). The quantitative estimate of drug-likeness (QED) is 0.719. The van der Waals surface area contributed by atoms with Gasteiger partial charge in [0.15, 0.2) is 11.5 Å². The highest BCUT2D eigenvalue weighted by Crippen LogP contribution is 2.18. The van der Waals surface area contributed by atoms with Gasteiger partial charge in [-0.25, -0.2) is 0 Å². The highest BCUT2D eigenvalue weighted by Gasteiger charge is 2.18. The van der Waals surface area contributed by atoms with Crippen molar-refractivity contribution in [1.29, 1.82) is 0 Å². The van der Waals surface area contributed by atoms with E-state index >= 15 is 0 Å². The zero-order chi connectivity index (χ0) is 17.6. The zero-order valence-corrected chi connectivity index (χ0v) is 13.8. The van der Waals surface area contributed by atoms with E-state index in [1.165, 1.54) is 4.68 Å². The zero-order valence-electron chi connectivity index (χ0n) is 13.8. The van der Waals surface area contributed by atoms with Crippen LogP contribution in [-0.2, 0) is 6.54 Å². The third-order valence-corrected chi connectivity index (χ3v) is 3.61. The predicted octanol–water partition coefficient (Wildman–Crippen LogP) is 2.18. The summed E-state index contributed by atoms with van der Waals surface area (Å²) < 4.78 is 6.83. The number of nitrogens with one attached hydrogen (secondary N) is 1. The molecule has 0 unspecified atom stereocenters. The molecule has 25 heavy (non-hydrogen) atoms. The number of amides is 1. The molecule has 0 fully saturated rings. The van der Waals surface area contributed by atoms with Crippen molar-refractivity contribution in [2.75, 3.05) is 12.3 Å². The first-order chi connectivity index (χ1) is 12.2. The Labute approximate surface area is 145 Å². The Morgan fingerprint density at radius 1 is 1.16 bits per heavy atom. The third-order valence-electron chi connectivity index (χ3n) is 3.61. The number of nitrogen functional groups attached to an aromatic ring is 1. The summed E-state index contributed by atoms with van der Waals surface area (Å²) in [5.74, 6) is 0.582. The van der Waals surface area contributed by atoms with Crippen molar-refractivity contribution in [2.45, 2.75) is 13.5 Å². The van der Waals surface area contributed by atoms with E-state index in [-0.39, 0.29) is 17.4 Å².